The van der Waals surface area contributed by atoms with E-state index in [2.05, 4.69) is 54.8 Å². The maximum Gasteiger partial charge on any atom is 0.0810 e. The molecule has 0 aromatic heterocycles. The lowest BCUT2D eigenvalue weighted by Crippen LogP contribution is -2.19. The molecule has 0 heterocycles. The molecule has 0 saturated heterocycles. The van der Waals surface area contributed by atoms with Crippen molar-refractivity contribution < 1.29 is 9.47 Å². The van der Waals surface area contributed by atoms with Gasteiger partial charge in [-0.3, -0.25) is 0 Å². The van der Waals surface area contributed by atoms with Crippen molar-refractivity contribution in [3.63, 3.8) is 0 Å². The summed E-state index contributed by atoms with van der Waals surface area (Å²) < 4.78 is 11.9. The molecule has 2 rings (SSSR count). The molecule has 0 amide bonds. The Morgan fingerprint density at radius 2 is 1.34 bits per heavy atom. The fourth-order valence-corrected chi connectivity index (χ4v) is 4.46. The lowest BCUT2D eigenvalue weighted by Gasteiger charge is -2.16. The van der Waals surface area contributed by atoms with Crippen molar-refractivity contribution in [2.75, 3.05) is 13.2 Å². The zero-order valence-electron chi connectivity index (χ0n) is 22.4. The second-order valence-electron chi connectivity index (χ2n) is 9.92. The van der Waals surface area contributed by atoms with Gasteiger partial charge in [0.15, 0.2) is 0 Å². The molecule has 0 bridgehead atoms. The third-order valence-electron chi connectivity index (χ3n) is 6.78. The van der Waals surface area contributed by atoms with Crippen LogP contribution in [0.4, 0.5) is 0 Å². The summed E-state index contributed by atoms with van der Waals surface area (Å²) in [6.07, 6.45) is 27.7. The summed E-state index contributed by atoms with van der Waals surface area (Å²) in [6.45, 7) is 4.44. The fourth-order valence-electron chi connectivity index (χ4n) is 4.46. The van der Waals surface area contributed by atoms with Crippen LogP contribution in [-0.4, -0.2) is 19.3 Å². The van der Waals surface area contributed by atoms with Gasteiger partial charge in [0.2, 0.25) is 0 Å². The van der Waals surface area contributed by atoms with Crippen molar-refractivity contribution in [2.24, 2.45) is 0 Å². The molecule has 2 nitrogen and oxygen atoms in total. The summed E-state index contributed by atoms with van der Waals surface area (Å²) in [4.78, 5) is 0. The first-order chi connectivity index (χ1) is 17.4. The van der Waals surface area contributed by atoms with Gasteiger partial charge in [0.1, 0.15) is 0 Å². The molecule has 2 heteroatoms. The summed E-state index contributed by atoms with van der Waals surface area (Å²) >= 11 is 0. The van der Waals surface area contributed by atoms with Gasteiger partial charge in [0.05, 0.1) is 19.3 Å². The van der Waals surface area contributed by atoms with Gasteiger partial charge in [-0.05, 0) is 37.3 Å². The Balaban J connectivity index is 1.26. The van der Waals surface area contributed by atoms with E-state index in [1.807, 2.05) is 12.1 Å². The van der Waals surface area contributed by atoms with Crippen molar-refractivity contribution in [3.05, 3.63) is 71.2 Å². The minimum Gasteiger partial charge on any atom is -0.379 e. The van der Waals surface area contributed by atoms with Crippen LogP contribution in [0.15, 0.2) is 65.6 Å². The summed E-state index contributed by atoms with van der Waals surface area (Å²) in [5, 5.41) is 0. The average Bonchev–Trinajstić information content (AvgIpc) is 2.91. The summed E-state index contributed by atoms with van der Waals surface area (Å²) in [5.41, 5.74) is 8.79. The Kier molecular flexibility index (Phi) is 18.0. The van der Waals surface area contributed by atoms with E-state index in [1.54, 1.807) is 0 Å². The highest BCUT2D eigenvalue weighted by molar-refractivity contribution is 5.25. The molecular weight excluding hydrogens is 428 g/mol. The van der Waals surface area contributed by atoms with E-state index >= 15 is 0 Å². The van der Waals surface area contributed by atoms with Gasteiger partial charge in [-0.25, -0.2) is 0 Å². The maximum atomic E-state index is 5.99. The van der Waals surface area contributed by atoms with Crippen LogP contribution in [0.3, 0.4) is 0 Å². The first-order valence-corrected chi connectivity index (χ1v) is 14.5. The molecule has 0 N–H and O–H groups in total. The molecule has 1 unspecified atom stereocenters. The van der Waals surface area contributed by atoms with E-state index < -0.39 is 0 Å². The molecule has 194 valence electrons. The Morgan fingerprint density at radius 3 is 1.91 bits per heavy atom. The van der Waals surface area contributed by atoms with E-state index in [0.717, 1.165) is 19.4 Å². The minimum atomic E-state index is 0.201. The Bertz CT molecular complexity index is 751. The second kappa shape index (κ2) is 21.5. The highest BCUT2D eigenvalue weighted by Gasteiger charge is 2.07. The number of ether oxygens (including phenoxy) is 2. The normalized spacial score (nSPS) is 13.3. The molecule has 0 fully saturated rings. The monoisotopic (exact) mass is 478 g/mol. The largest absolute Gasteiger partial charge is 0.379 e. The van der Waals surface area contributed by atoms with Crippen LogP contribution in [0.1, 0.15) is 115 Å². The number of benzene rings is 1. The number of hydrogen-bond acceptors (Lipinski definition) is 2. The fraction of sp³-hybridized carbons (Fsp3) is 0.636. The highest BCUT2D eigenvalue weighted by atomic mass is 16.5. The van der Waals surface area contributed by atoms with Crippen LogP contribution in [0, 0.1) is 0 Å². The van der Waals surface area contributed by atoms with Gasteiger partial charge in [-0.15, -0.1) is 0 Å². The minimum absolute atomic E-state index is 0.201. The van der Waals surface area contributed by atoms with Gasteiger partial charge < -0.3 is 9.47 Å². The van der Waals surface area contributed by atoms with Gasteiger partial charge in [-0.1, -0.05) is 138 Å². The number of unbranched alkanes of at least 4 members (excludes halogenated alkanes) is 13. The SMILES string of the molecule is CCC(COCCCCCCCCCCCCCCCCC1=C=C=CC=C1)OCc1ccccc1. The Labute approximate surface area is 216 Å². The van der Waals surface area contributed by atoms with Crippen LogP contribution >= 0.6 is 0 Å². The van der Waals surface area contributed by atoms with E-state index in [4.69, 9.17) is 9.47 Å². The van der Waals surface area contributed by atoms with E-state index in [9.17, 15) is 0 Å². The highest BCUT2D eigenvalue weighted by Crippen LogP contribution is 2.15. The maximum absolute atomic E-state index is 5.99. The van der Waals surface area contributed by atoms with Crippen LogP contribution in [0.25, 0.3) is 0 Å². The number of allylic oxidation sites excluding steroid dienone is 4. The number of hydrogen-bond donors (Lipinski definition) is 0. The van der Waals surface area contributed by atoms with E-state index in [1.165, 1.54) is 101 Å². The Morgan fingerprint density at radius 1 is 0.743 bits per heavy atom. The van der Waals surface area contributed by atoms with Crippen LogP contribution in [-0.2, 0) is 16.1 Å². The lowest BCUT2D eigenvalue weighted by molar-refractivity contribution is -0.0269. The second-order valence-corrected chi connectivity index (χ2v) is 9.92. The molecule has 0 aliphatic heterocycles. The van der Waals surface area contributed by atoms with Crippen LogP contribution in [0.5, 0.6) is 0 Å². The zero-order chi connectivity index (χ0) is 24.7. The molecule has 0 spiro atoms. The van der Waals surface area contributed by atoms with Gasteiger partial charge in [-0.2, -0.15) is 0 Å². The summed E-state index contributed by atoms with van der Waals surface area (Å²) in [5.74, 6) is 0. The van der Waals surface area contributed by atoms with E-state index in [-0.39, 0.29) is 6.10 Å². The topological polar surface area (TPSA) is 18.5 Å². The molecule has 1 aliphatic rings. The van der Waals surface area contributed by atoms with Crippen LogP contribution < -0.4 is 0 Å². The summed E-state index contributed by atoms with van der Waals surface area (Å²) in [6, 6.07) is 10.4. The summed E-state index contributed by atoms with van der Waals surface area (Å²) in [7, 11) is 0. The predicted molar refractivity (Wildman–Crippen MR) is 150 cm³/mol. The first-order valence-electron chi connectivity index (χ1n) is 14.5. The Hall–Kier alpha value is -1.82. The molecule has 1 aromatic rings. The quantitative estimate of drug-likeness (QED) is 0.115. The first kappa shape index (κ1) is 29.4. The average molecular weight is 479 g/mol. The van der Waals surface area contributed by atoms with Crippen molar-refractivity contribution in [1.29, 1.82) is 0 Å². The van der Waals surface area contributed by atoms with Gasteiger partial charge in [0.25, 0.3) is 0 Å². The van der Waals surface area contributed by atoms with Crippen molar-refractivity contribution in [2.45, 2.75) is 122 Å². The van der Waals surface area contributed by atoms with Crippen molar-refractivity contribution in [3.8, 4) is 0 Å². The van der Waals surface area contributed by atoms with Crippen molar-refractivity contribution >= 4 is 0 Å². The third-order valence-corrected chi connectivity index (χ3v) is 6.78. The standard InChI is InChI=1S/C33H50O2/c1-2-33(35-29-32-26-20-16-21-27-32)30-34-28-22-14-12-10-8-6-4-3-5-7-9-11-13-17-23-31-24-18-15-19-25-31/h15-16,18,20-21,24,26-27,33H,2-14,17,22-23,28-30H2,1H3. The predicted octanol–water partition coefficient (Wildman–Crippen LogP) is 9.66. The lowest BCUT2D eigenvalue weighted by atomic mass is 10.0. The molecule has 0 saturated carbocycles. The molecule has 35 heavy (non-hydrogen) atoms. The van der Waals surface area contributed by atoms with Gasteiger partial charge >= 0.3 is 0 Å². The third kappa shape index (κ3) is 16.5. The molecule has 1 aromatic carbocycles. The molecule has 0 radical (unpaired) electrons. The zero-order valence-corrected chi connectivity index (χ0v) is 22.4. The van der Waals surface area contributed by atoms with E-state index in [0.29, 0.717) is 13.2 Å². The molecule has 1 atom stereocenters. The number of rotatable bonds is 23. The molecular formula is C33H50O2. The molecule has 1 aliphatic carbocycles. The van der Waals surface area contributed by atoms with Gasteiger partial charge in [0, 0.05) is 12.2 Å². The van der Waals surface area contributed by atoms with Crippen molar-refractivity contribution in [1.82, 2.24) is 0 Å². The smallest absolute Gasteiger partial charge is 0.0810 e. The van der Waals surface area contributed by atoms with Crippen LogP contribution in [0.2, 0.25) is 0 Å².